The molecule has 1 N–H and O–H groups in total. The van der Waals surface area contributed by atoms with Gasteiger partial charge in [-0.25, -0.2) is 4.79 Å². The molecule has 4 nitrogen and oxygen atoms in total. The number of hydrogen-bond acceptors (Lipinski definition) is 2. The average molecular weight is 288 g/mol. The van der Waals surface area contributed by atoms with E-state index in [-0.39, 0.29) is 5.91 Å². The topological polar surface area (TPSA) is 57.6 Å². The summed E-state index contributed by atoms with van der Waals surface area (Å²) in [4.78, 5) is 23.2. The molecule has 0 aromatic heterocycles. The second-order valence-corrected chi connectivity index (χ2v) is 4.64. The second-order valence-electron chi connectivity index (χ2n) is 4.27. The Morgan fingerprint density at radius 3 is 2.53 bits per heavy atom. The van der Waals surface area contributed by atoms with Gasteiger partial charge in [0.25, 0.3) is 5.91 Å². The molecule has 0 aromatic rings. The highest BCUT2D eigenvalue weighted by Gasteiger charge is 2.32. The monoisotopic (exact) mass is 287 g/mol. The summed E-state index contributed by atoms with van der Waals surface area (Å²) >= 11 is 5.38. The van der Waals surface area contributed by atoms with Gasteiger partial charge in [0.2, 0.25) is 0 Å². The van der Waals surface area contributed by atoms with Crippen LogP contribution in [0, 0.1) is 11.8 Å². The van der Waals surface area contributed by atoms with E-state index in [2.05, 4.69) is 18.8 Å². The van der Waals surface area contributed by atoms with Crippen molar-refractivity contribution >= 4 is 23.5 Å². The molecule has 0 radical (unpaired) electrons. The first-order valence-corrected chi connectivity index (χ1v) is 7.14. The Balaban J connectivity index is 0.000000459. The summed E-state index contributed by atoms with van der Waals surface area (Å²) in [5, 5.41) is 8.76. The summed E-state index contributed by atoms with van der Waals surface area (Å²) in [7, 11) is 0. The van der Waals surface area contributed by atoms with E-state index in [1.54, 1.807) is 6.92 Å². The van der Waals surface area contributed by atoms with Crippen LogP contribution >= 0.6 is 11.6 Å². The maximum absolute atomic E-state index is 11.2. The standard InChI is InChI=1S/C9H11NO3.C5H11Cl/c1-2-4-8(11)10-6-3-5-7(10)9(12)13;1-2-3-4-5-6/h7H,3,5-6H2,1H3,(H,12,13);2-5H2,1H3/t7-;/m0./s1. The number of carbonyl (C=O) groups excluding carboxylic acids is 1. The molecule has 1 aliphatic rings. The lowest BCUT2D eigenvalue weighted by Crippen LogP contribution is -2.39. The summed E-state index contributed by atoms with van der Waals surface area (Å²) < 4.78 is 0. The van der Waals surface area contributed by atoms with Gasteiger partial charge in [-0.1, -0.05) is 25.7 Å². The van der Waals surface area contributed by atoms with Gasteiger partial charge in [-0.15, -0.1) is 11.6 Å². The fourth-order valence-electron chi connectivity index (χ4n) is 1.79. The lowest BCUT2D eigenvalue weighted by atomic mass is 10.2. The molecule has 0 aliphatic carbocycles. The SMILES string of the molecule is CC#CC(=O)N1CCC[C@H]1C(=O)O.CCCCCCl. The number of amides is 1. The Bertz CT molecular complexity index is 342. The van der Waals surface area contributed by atoms with Crippen molar-refractivity contribution in [2.24, 2.45) is 0 Å². The number of likely N-dealkylation sites (tertiary alicyclic amines) is 1. The van der Waals surface area contributed by atoms with Crippen molar-refractivity contribution in [1.29, 1.82) is 0 Å². The van der Waals surface area contributed by atoms with Crippen molar-refractivity contribution in [3.8, 4) is 11.8 Å². The number of aliphatic carboxylic acids is 1. The van der Waals surface area contributed by atoms with Crippen molar-refractivity contribution in [3.05, 3.63) is 0 Å². The number of carboxylic acid groups (broad SMARTS) is 1. The maximum Gasteiger partial charge on any atom is 0.326 e. The van der Waals surface area contributed by atoms with E-state index in [9.17, 15) is 9.59 Å². The van der Waals surface area contributed by atoms with Crippen molar-refractivity contribution in [2.45, 2.75) is 52.0 Å². The lowest BCUT2D eigenvalue weighted by molar-refractivity contribution is -0.146. The van der Waals surface area contributed by atoms with E-state index in [1.165, 1.54) is 24.2 Å². The van der Waals surface area contributed by atoms with Gasteiger partial charge in [0, 0.05) is 12.4 Å². The van der Waals surface area contributed by atoms with Crippen LogP contribution in [0.5, 0.6) is 0 Å². The van der Waals surface area contributed by atoms with E-state index >= 15 is 0 Å². The summed E-state index contributed by atoms with van der Waals surface area (Å²) in [6, 6.07) is -0.673. The number of hydrogen-bond donors (Lipinski definition) is 1. The van der Waals surface area contributed by atoms with Crippen LogP contribution in [0.3, 0.4) is 0 Å². The largest absolute Gasteiger partial charge is 0.480 e. The molecule has 0 unspecified atom stereocenters. The molecule has 1 heterocycles. The normalized spacial score (nSPS) is 17.0. The van der Waals surface area contributed by atoms with Crippen molar-refractivity contribution in [3.63, 3.8) is 0 Å². The Morgan fingerprint density at radius 1 is 1.42 bits per heavy atom. The predicted octanol–water partition coefficient (Wildman–Crippen LogP) is 2.50. The smallest absolute Gasteiger partial charge is 0.326 e. The van der Waals surface area contributed by atoms with E-state index in [1.807, 2.05) is 0 Å². The van der Waals surface area contributed by atoms with Gasteiger partial charge < -0.3 is 10.0 Å². The lowest BCUT2D eigenvalue weighted by Gasteiger charge is -2.17. The molecular weight excluding hydrogens is 266 g/mol. The first-order valence-electron chi connectivity index (χ1n) is 6.60. The molecule has 1 amide bonds. The fraction of sp³-hybridized carbons (Fsp3) is 0.714. The fourth-order valence-corrected chi connectivity index (χ4v) is 1.98. The Labute approximate surface area is 120 Å². The third-order valence-electron chi connectivity index (χ3n) is 2.77. The molecule has 1 fully saturated rings. The molecule has 0 aromatic carbocycles. The van der Waals surface area contributed by atoms with Crippen LogP contribution in [0.15, 0.2) is 0 Å². The molecule has 1 atom stereocenters. The van der Waals surface area contributed by atoms with Gasteiger partial charge in [0.1, 0.15) is 6.04 Å². The average Bonchev–Trinajstić information content (AvgIpc) is 2.87. The van der Waals surface area contributed by atoms with E-state index in [0.29, 0.717) is 13.0 Å². The zero-order valence-electron chi connectivity index (χ0n) is 11.6. The van der Waals surface area contributed by atoms with Gasteiger partial charge in [0.05, 0.1) is 0 Å². The minimum Gasteiger partial charge on any atom is -0.480 e. The number of carboxylic acids is 1. The van der Waals surface area contributed by atoms with E-state index in [0.717, 1.165) is 12.3 Å². The molecule has 108 valence electrons. The number of carbonyl (C=O) groups is 2. The molecule has 0 saturated carbocycles. The van der Waals surface area contributed by atoms with Gasteiger partial charge in [0.15, 0.2) is 0 Å². The number of alkyl halides is 1. The predicted molar refractivity (Wildman–Crippen MR) is 76.1 cm³/mol. The molecule has 0 bridgehead atoms. The van der Waals surface area contributed by atoms with Crippen molar-refractivity contribution in [1.82, 2.24) is 4.90 Å². The Morgan fingerprint density at radius 2 is 2.11 bits per heavy atom. The van der Waals surface area contributed by atoms with Gasteiger partial charge in [-0.2, -0.15) is 0 Å². The van der Waals surface area contributed by atoms with Gasteiger partial charge in [-0.05, 0) is 32.1 Å². The number of nitrogens with zero attached hydrogens (tertiary/aromatic N) is 1. The maximum atomic E-state index is 11.2. The van der Waals surface area contributed by atoms with Crippen LogP contribution in [0.2, 0.25) is 0 Å². The minimum atomic E-state index is -0.941. The summed E-state index contributed by atoms with van der Waals surface area (Å²) in [5.74, 6) is 4.32. The second kappa shape index (κ2) is 10.7. The third kappa shape index (κ3) is 7.07. The van der Waals surface area contributed by atoms with Gasteiger partial charge in [-0.3, -0.25) is 4.79 Å². The molecule has 5 heteroatoms. The highest BCUT2D eigenvalue weighted by molar-refractivity contribution is 6.17. The van der Waals surface area contributed by atoms with Gasteiger partial charge >= 0.3 is 5.97 Å². The number of unbranched alkanes of at least 4 members (excludes halogenated alkanes) is 2. The first kappa shape index (κ1) is 17.8. The minimum absolute atomic E-state index is 0.382. The number of halogens is 1. The molecule has 19 heavy (non-hydrogen) atoms. The molecular formula is C14H22ClNO3. The summed E-state index contributed by atoms with van der Waals surface area (Å²) in [6.45, 7) is 4.24. The quantitative estimate of drug-likeness (QED) is 0.491. The van der Waals surface area contributed by atoms with Crippen LogP contribution in [-0.4, -0.2) is 40.3 Å². The van der Waals surface area contributed by atoms with Crippen LogP contribution in [0.4, 0.5) is 0 Å². The first-order chi connectivity index (χ1) is 9.08. The van der Waals surface area contributed by atoms with Crippen LogP contribution in [0.25, 0.3) is 0 Å². The Hall–Kier alpha value is -1.21. The van der Waals surface area contributed by atoms with Crippen molar-refractivity contribution < 1.29 is 14.7 Å². The van der Waals surface area contributed by atoms with Crippen LogP contribution in [-0.2, 0) is 9.59 Å². The molecule has 1 rings (SSSR count). The zero-order valence-corrected chi connectivity index (χ0v) is 12.4. The zero-order chi connectivity index (χ0) is 14.7. The van der Waals surface area contributed by atoms with Crippen LogP contribution in [0.1, 0.15) is 46.0 Å². The van der Waals surface area contributed by atoms with Crippen LogP contribution < -0.4 is 0 Å². The molecule has 0 spiro atoms. The molecule has 1 saturated heterocycles. The summed E-state index contributed by atoms with van der Waals surface area (Å²) in [5.41, 5.74) is 0. The summed E-state index contributed by atoms with van der Waals surface area (Å²) in [6.07, 6.45) is 5.01. The highest BCUT2D eigenvalue weighted by Crippen LogP contribution is 2.16. The van der Waals surface area contributed by atoms with E-state index < -0.39 is 12.0 Å². The third-order valence-corrected chi connectivity index (χ3v) is 3.04. The molecule has 1 aliphatic heterocycles. The van der Waals surface area contributed by atoms with E-state index in [4.69, 9.17) is 16.7 Å². The number of rotatable bonds is 4. The Kier molecular flexibility index (Phi) is 10.0. The highest BCUT2D eigenvalue weighted by atomic mass is 35.5. The van der Waals surface area contributed by atoms with Crippen molar-refractivity contribution in [2.75, 3.05) is 12.4 Å².